The van der Waals surface area contributed by atoms with Crippen LogP contribution in [0, 0.1) is 0 Å². The van der Waals surface area contributed by atoms with Gasteiger partial charge >= 0.3 is 5.69 Å². The molecule has 0 unspecified atom stereocenters. The van der Waals surface area contributed by atoms with Crippen LogP contribution in [-0.2, 0) is 6.42 Å². The Kier molecular flexibility index (Phi) is 4.68. The van der Waals surface area contributed by atoms with E-state index in [9.17, 15) is 14.4 Å². The first-order chi connectivity index (χ1) is 13.6. The maximum atomic E-state index is 12.4. The number of nitrogens with one attached hydrogen (secondary N) is 3. The fourth-order valence-electron chi connectivity index (χ4n) is 2.57. The monoisotopic (exact) mass is 395 g/mol. The largest absolute Gasteiger partial charge is 0.339 e. The van der Waals surface area contributed by atoms with E-state index in [0.29, 0.717) is 23.8 Å². The summed E-state index contributed by atoms with van der Waals surface area (Å²) < 4.78 is 5.31. The molecule has 0 bridgehead atoms. The number of hydrogen-bond donors (Lipinski definition) is 3. The molecule has 1 amide bonds. The van der Waals surface area contributed by atoms with Gasteiger partial charge in [0, 0.05) is 11.8 Å². The van der Waals surface area contributed by atoms with Crippen LogP contribution in [0.25, 0.3) is 10.7 Å². The molecule has 1 aromatic carbocycles. The van der Waals surface area contributed by atoms with Crippen molar-refractivity contribution >= 4 is 22.9 Å². The Morgan fingerprint density at radius 2 is 2.00 bits per heavy atom. The lowest BCUT2D eigenvalue weighted by Gasteiger charge is -2.09. The van der Waals surface area contributed by atoms with Crippen LogP contribution in [0.3, 0.4) is 0 Å². The molecule has 28 heavy (non-hydrogen) atoms. The molecular weight excluding hydrogens is 382 g/mol. The SMILES string of the molecule is O=C(Nc1ccccc1Cc1nc(-c2cccs2)no1)c1cc(=O)[nH]c(=O)[nH]1. The molecule has 9 nitrogen and oxygen atoms in total. The lowest BCUT2D eigenvalue weighted by Crippen LogP contribution is -2.27. The molecule has 10 heteroatoms. The number of anilines is 1. The van der Waals surface area contributed by atoms with Crippen LogP contribution >= 0.6 is 11.3 Å². The van der Waals surface area contributed by atoms with Gasteiger partial charge in [-0.25, -0.2) is 4.79 Å². The zero-order chi connectivity index (χ0) is 19.5. The van der Waals surface area contributed by atoms with E-state index in [1.54, 1.807) is 12.1 Å². The Bertz CT molecular complexity index is 1210. The smallest absolute Gasteiger partial charge is 0.326 e. The van der Waals surface area contributed by atoms with Crippen LogP contribution in [0.1, 0.15) is 21.9 Å². The van der Waals surface area contributed by atoms with Crippen LogP contribution < -0.4 is 16.6 Å². The van der Waals surface area contributed by atoms with Crippen molar-refractivity contribution in [2.75, 3.05) is 5.32 Å². The van der Waals surface area contributed by atoms with Gasteiger partial charge in [-0.1, -0.05) is 29.4 Å². The summed E-state index contributed by atoms with van der Waals surface area (Å²) in [5.74, 6) is 0.294. The number of aromatic amines is 2. The lowest BCUT2D eigenvalue weighted by molar-refractivity contribution is 0.102. The summed E-state index contributed by atoms with van der Waals surface area (Å²) in [6.07, 6.45) is 0.306. The Labute approximate surface area is 161 Å². The van der Waals surface area contributed by atoms with Gasteiger partial charge in [-0.05, 0) is 23.1 Å². The van der Waals surface area contributed by atoms with Crippen LogP contribution in [-0.4, -0.2) is 26.0 Å². The van der Waals surface area contributed by atoms with Crippen LogP contribution in [0.5, 0.6) is 0 Å². The average Bonchev–Trinajstić information content (AvgIpc) is 3.34. The van der Waals surface area contributed by atoms with Gasteiger partial charge < -0.3 is 14.8 Å². The quantitative estimate of drug-likeness (QED) is 0.473. The van der Waals surface area contributed by atoms with Crippen molar-refractivity contribution in [3.05, 3.63) is 85.8 Å². The minimum atomic E-state index is -0.752. The van der Waals surface area contributed by atoms with Gasteiger partial charge in [0.05, 0.1) is 11.3 Å². The first kappa shape index (κ1) is 17.6. The summed E-state index contributed by atoms with van der Waals surface area (Å²) in [4.78, 5) is 44.7. The van der Waals surface area contributed by atoms with Crippen molar-refractivity contribution in [1.29, 1.82) is 0 Å². The third-order valence-electron chi connectivity index (χ3n) is 3.82. The van der Waals surface area contributed by atoms with E-state index in [4.69, 9.17) is 4.52 Å². The summed E-state index contributed by atoms with van der Waals surface area (Å²) >= 11 is 1.51. The van der Waals surface area contributed by atoms with Crippen molar-refractivity contribution in [2.24, 2.45) is 0 Å². The summed E-state index contributed by atoms with van der Waals surface area (Å²) in [6, 6.07) is 11.9. The molecule has 0 aliphatic rings. The molecule has 3 aromatic heterocycles. The molecule has 4 aromatic rings. The number of carbonyl (C=O) groups is 1. The Hall–Kier alpha value is -3.79. The fraction of sp³-hybridized carbons (Fsp3) is 0.0556. The Morgan fingerprint density at radius 1 is 1.14 bits per heavy atom. The molecule has 0 atom stereocenters. The molecule has 3 heterocycles. The third kappa shape index (κ3) is 3.81. The van der Waals surface area contributed by atoms with Crippen molar-refractivity contribution in [2.45, 2.75) is 6.42 Å². The van der Waals surface area contributed by atoms with Crippen molar-refractivity contribution < 1.29 is 9.32 Å². The lowest BCUT2D eigenvalue weighted by atomic mass is 10.1. The fourth-order valence-corrected chi connectivity index (χ4v) is 3.22. The number of nitrogens with zero attached hydrogens (tertiary/aromatic N) is 2. The summed E-state index contributed by atoms with van der Waals surface area (Å²) in [5, 5.41) is 8.58. The number of benzene rings is 1. The normalized spacial score (nSPS) is 10.7. The predicted molar refractivity (Wildman–Crippen MR) is 102 cm³/mol. The third-order valence-corrected chi connectivity index (χ3v) is 4.69. The number of amides is 1. The van der Waals surface area contributed by atoms with Crippen LogP contribution in [0.15, 0.2) is 62.0 Å². The van der Waals surface area contributed by atoms with E-state index in [1.165, 1.54) is 11.3 Å². The maximum Gasteiger partial charge on any atom is 0.326 e. The number of aromatic nitrogens is 4. The standard InChI is InChI=1S/C18H13N5O4S/c24-14-9-12(20-18(26)21-14)17(25)19-11-5-2-1-4-10(11)8-15-22-16(23-27-15)13-6-3-7-28-13/h1-7,9H,8H2,(H,19,25)(H2,20,21,24,26). The highest BCUT2D eigenvalue weighted by atomic mass is 32.1. The summed E-state index contributed by atoms with van der Waals surface area (Å²) in [7, 11) is 0. The minimum Gasteiger partial charge on any atom is -0.339 e. The van der Waals surface area contributed by atoms with Crippen LogP contribution in [0.2, 0.25) is 0 Å². The Balaban J connectivity index is 1.56. The van der Waals surface area contributed by atoms with Crippen molar-refractivity contribution in [3.8, 4) is 10.7 Å². The van der Waals surface area contributed by atoms with Crippen molar-refractivity contribution in [1.82, 2.24) is 20.1 Å². The highest BCUT2D eigenvalue weighted by molar-refractivity contribution is 7.13. The molecular formula is C18H13N5O4S. The zero-order valence-corrected chi connectivity index (χ0v) is 15.1. The molecule has 0 saturated heterocycles. The molecule has 0 radical (unpaired) electrons. The van der Waals surface area contributed by atoms with Gasteiger partial charge in [-0.15, -0.1) is 11.3 Å². The number of H-pyrrole nitrogens is 2. The number of para-hydroxylation sites is 1. The van der Waals surface area contributed by atoms with Gasteiger partial charge in [-0.2, -0.15) is 4.98 Å². The van der Waals surface area contributed by atoms with Gasteiger partial charge in [0.25, 0.3) is 11.5 Å². The molecule has 0 aliphatic carbocycles. The van der Waals surface area contributed by atoms with E-state index >= 15 is 0 Å². The van der Waals surface area contributed by atoms with Gasteiger partial charge in [-0.3, -0.25) is 14.6 Å². The highest BCUT2D eigenvalue weighted by Crippen LogP contribution is 2.23. The molecule has 4 rings (SSSR count). The first-order valence-electron chi connectivity index (χ1n) is 8.18. The maximum absolute atomic E-state index is 12.4. The number of carbonyl (C=O) groups excluding carboxylic acids is 1. The van der Waals surface area contributed by atoms with E-state index in [0.717, 1.165) is 16.5 Å². The number of thiophene rings is 1. The van der Waals surface area contributed by atoms with E-state index in [2.05, 4.69) is 20.4 Å². The zero-order valence-electron chi connectivity index (χ0n) is 14.3. The predicted octanol–water partition coefficient (Wildman–Crippen LogP) is 2.02. The van der Waals surface area contributed by atoms with Crippen LogP contribution in [0.4, 0.5) is 5.69 Å². The number of rotatable bonds is 5. The summed E-state index contributed by atoms with van der Waals surface area (Å²) in [5.41, 5.74) is -0.303. The molecule has 0 fully saturated rings. The van der Waals surface area contributed by atoms with Crippen molar-refractivity contribution in [3.63, 3.8) is 0 Å². The summed E-state index contributed by atoms with van der Waals surface area (Å²) in [6.45, 7) is 0. The second-order valence-corrected chi connectivity index (χ2v) is 6.73. The molecule has 140 valence electrons. The first-order valence-corrected chi connectivity index (χ1v) is 9.06. The average molecular weight is 395 g/mol. The second-order valence-electron chi connectivity index (χ2n) is 5.78. The van der Waals surface area contributed by atoms with E-state index in [1.807, 2.05) is 34.6 Å². The Morgan fingerprint density at radius 3 is 2.79 bits per heavy atom. The topological polar surface area (TPSA) is 134 Å². The highest BCUT2D eigenvalue weighted by Gasteiger charge is 2.14. The number of hydrogen-bond acceptors (Lipinski definition) is 7. The minimum absolute atomic E-state index is 0.138. The second kappa shape index (κ2) is 7.45. The van der Waals surface area contributed by atoms with Gasteiger partial charge in [0.2, 0.25) is 11.7 Å². The van der Waals surface area contributed by atoms with E-state index < -0.39 is 17.2 Å². The molecule has 0 saturated carbocycles. The molecule has 0 aliphatic heterocycles. The van der Waals surface area contributed by atoms with E-state index in [-0.39, 0.29) is 5.69 Å². The van der Waals surface area contributed by atoms with Gasteiger partial charge in [0.15, 0.2) is 0 Å². The molecule has 0 spiro atoms. The van der Waals surface area contributed by atoms with Gasteiger partial charge in [0.1, 0.15) is 5.69 Å². The molecule has 3 N–H and O–H groups in total.